The van der Waals surface area contributed by atoms with Crippen LogP contribution in [0, 0.1) is 0 Å². The SMILES string of the molecule is CCNC(C)c1ccc(OC)c(Cn2cnccc2=O)c1. The van der Waals surface area contributed by atoms with Gasteiger partial charge in [0.15, 0.2) is 0 Å². The zero-order valence-electron chi connectivity index (χ0n) is 12.7. The summed E-state index contributed by atoms with van der Waals surface area (Å²) in [6, 6.07) is 7.77. The lowest BCUT2D eigenvalue weighted by Gasteiger charge is -2.16. The Morgan fingerprint density at radius 2 is 2.19 bits per heavy atom. The van der Waals surface area contributed by atoms with Crippen molar-refractivity contribution in [3.63, 3.8) is 0 Å². The molecule has 0 aliphatic rings. The van der Waals surface area contributed by atoms with Gasteiger partial charge in [-0.3, -0.25) is 9.36 Å². The molecule has 0 radical (unpaired) electrons. The summed E-state index contributed by atoms with van der Waals surface area (Å²) in [5, 5.41) is 3.38. The molecule has 1 aromatic carbocycles. The maximum absolute atomic E-state index is 11.8. The molecule has 21 heavy (non-hydrogen) atoms. The molecule has 1 unspecified atom stereocenters. The van der Waals surface area contributed by atoms with E-state index in [0.29, 0.717) is 6.54 Å². The summed E-state index contributed by atoms with van der Waals surface area (Å²) in [5.41, 5.74) is 2.07. The topological polar surface area (TPSA) is 56.1 Å². The summed E-state index contributed by atoms with van der Waals surface area (Å²) in [7, 11) is 1.64. The van der Waals surface area contributed by atoms with Gasteiger partial charge in [0.2, 0.25) is 0 Å². The molecule has 0 fully saturated rings. The quantitative estimate of drug-likeness (QED) is 0.882. The van der Waals surface area contributed by atoms with Crippen LogP contribution < -0.4 is 15.6 Å². The highest BCUT2D eigenvalue weighted by molar-refractivity contribution is 5.38. The first-order valence-corrected chi connectivity index (χ1v) is 7.06. The van der Waals surface area contributed by atoms with Gasteiger partial charge in [-0.05, 0) is 31.2 Å². The van der Waals surface area contributed by atoms with Crippen LogP contribution in [0.25, 0.3) is 0 Å². The largest absolute Gasteiger partial charge is 0.496 e. The van der Waals surface area contributed by atoms with Gasteiger partial charge in [-0.15, -0.1) is 0 Å². The van der Waals surface area contributed by atoms with Gasteiger partial charge in [-0.25, -0.2) is 4.98 Å². The smallest absolute Gasteiger partial charge is 0.253 e. The van der Waals surface area contributed by atoms with E-state index >= 15 is 0 Å². The molecule has 1 heterocycles. The predicted octanol–water partition coefficient (Wildman–Crippen LogP) is 1.97. The molecule has 5 heteroatoms. The van der Waals surface area contributed by atoms with Crippen molar-refractivity contribution in [2.45, 2.75) is 26.4 Å². The lowest BCUT2D eigenvalue weighted by molar-refractivity contribution is 0.407. The summed E-state index contributed by atoms with van der Waals surface area (Å²) in [4.78, 5) is 15.8. The number of hydrogen-bond acceptors (Lipinski definition) is 4. The van der Waals surface area contributed by atoms with Gasteiger partial charge >= 0.3 is 0 Å². The minimum atomic E-state index is -0.0720. The van der Waals surface area contributed by atoms with Crippen LogP contribution in [-0.2, 0) is 6.54 Å². The lowest BCUT2D eigenvalue weighted by atomic mass is 10.0. The molecule has 0 aliphatic carbocycles. The molecule has 0 bridgehead atoms. The van der Waals surface area contributed by atoms with Crippen LogP contribution in [0.3, 0.4) is 0 Å². The summed E-state index contributed by atoms with van der Waals surface area (Å²) >= 11 is 0. The molecule has 0 spiro atoms. The van der Waals surface area contributed by atoms with Crippen molar-refractivity contribution >= 4 is 0 Å². The normalized spacial score (nSPS) is 12.1. The average molecular weight is 287 g/mol. The van der Waals surface area contributed by atoms with E-state index in [9.17, 15) is 4.79 Å². The molecule has 0 amide bonds. The minimum Gasteiger partial charge on any atom is -0.496 e. The van der Waals surface area contributed by atoms with E-state index < -0.39 is 0 Å². The Hall–Kier alpha value is -2.14. The number of rotatable bonds is 6. The van der Waals surface area contributed by atoms with Crippen LogP contribution in [0.2, 0.25) is 0 Å². The van der Waals surface area contributed by atoms with Gasteiger partial charge in [0.05, 0.1) is 20.0 Å². The van der Waals surface area contributed by atoms with E-state index in [1.807, 2.05) is 12.1 Å². The van der Waals surface area contributed by atoms with Crippen molar-refractivity contribution in [1.82, 2.24) is 14.9 Å². The van der Waals surface area contributed by atoms with Gasteiger partial charge in [0, 0.05) is 23.9 Å². The van der Waals surface area contributed by atoms with E-state index in [-0.39, 0.29) is 11.6 Å². The molecule has 1 atom stereocenters. The van der Waals surface area contributed by atoms with Crippen molar-refractivity contribution in [1.29, 1.82) is 0 Å². The molecule has 2 rings (SSSR count). The highest BCUT2D eigenvalue weighted by atomic mass is 16.5. The standard InChI is InChI=1S/C16H21N3O2/c1-4-18-12(2)13-5-6-15(21-3)14(9-13)10-19-11-17-8-7-16(19)20/h5-9,11-12,18H,4,10H2,1-3H3. The van der Waals surface area contributed by atoms with Gasteiger partial charge in [0.1, 0.15) is 5.75 Å². The van der Waals surface area contributed by atoms with Crippen LogP contribution in [0.1, 0.15) is 31.0 Å². The van der Waals surface area contributed by atoms with E-state index in [2.05, 4.69) is 30.2 Å². The second-order valence-electron chi connectivity index (χ2n) is 4.90. The minimum absolute atomic E-state index is 0.0720. The van der Waals surface area contributed by atoms with Crippen molar-refractivity contribution < 1.29 is 4.74 Å². The fourth-order valence-corrected chi connectivity index (χ4v) is 2.30. The summed E-state index contributed by atoms with van der Waals surface area (Å²) in [5.74, 6) is 0.776. The summed E-state index contributed by atoms with van der Waals surface area (Å²) in [6.45, 7) is 5.55. The highest BCUT2D eigenvalue weighted by Gasteiger charge is 2.10. The summed E-state index contributed by atoms with van der Waals surface area (Å²) in [6.07, 6.45) is 3.04. The van der Waals surface area contributed by atoms with Crippen LogP contribution in [0.15, 0.2) is 41.6 Å². The van der Waals surface area contributed by atoms with E-state index in [4.69, 9.17) is 4.74 Å². The number of nitrogens with one attached hydrogen (secondary N) is 1. The maximum atomic E-state index is 11.8. The fourth-order valence-electron chi connectivity index (χ4n) is 2.30. The van der Waals surface area contributed by atoms with E-state index in [1.54, 1.807) is 18.0 Å². The number of hydrogen-bond donors (Lipinski definition) is 1. The Balaban J connectivity index is 2.34. The number of nitrogens with zero attached hydrogens (tertiary/aromatic N) is 2. The third kappa shape index (κ3) is 3.70. The molecular formula is C16H21N3O2. The second kappa shape index (κ2) is 7.04. The van der Waals surface area contributed by atoms with Crippen molar-refractivity contribution in [3.8, 4) is 5.75 Å². The number of methoxy groups -OCH3 is 1. The van der Waals surface area contributed by atoms with Crippen LogP contribution in [-0.4, -0.2) is 23.2 Å². The van der Waals surface area contributed by atoms with Crippen LogP contribution in [0.4, 0.5) is 0 Å². The predicted molar refractivity (Wildman–Crippen MR) is 82.7 cm³/mol. The molecular weight excluding hydrogens is 266 g/mol. The van der Waals surface area contributed by atoms with Crippen LogP contribution >= 0.6 is 0 Å². The monoisotopic (exact) mass is 287 g/mol. The third-order valence-corrected chi connectivity index (χ3v) is 3.45. The molecule has 5 nitrogen and oxygen atoms in total. The zero-order valence-corrected chi connectivity index (χ0v) is 12.7. The van der Waals surface area contributed by atoms with Crippen molar-refractivity contribution in [3.05, 3.63) is 58.3 Å². The lowest BCUT2D eigenvalue weighted by Crippen LogP contribution is -2.20. The molecule has 112 valence electrons. The molecule has 0 saturated heterocycles. The first kappa shape index (κ1) is 15.3. The van der Waals surface area contributed by atoms with Crippen molar-refractivity contribution in [2.24, 2.45) is 0 Å². The van der Waals surface area contributed by atoms with Gasteiger partial charge in [-0.2, -0.15) is 0 Å². The number of ether oxygens (including phenoxy) is 1. The summed E-state index contributed by atoms with van der Waals surface area (Å²) < 4.78 is 6.96. The molecule has 2 aromatic rings. The van der Waals surface area contributed by atoms with E-state index in [1.165, 1.54) is 17.8 Å². The number of benzene rings is 1. The van der Waals surface area contributed by atoms with Gasteiger partial charge < -0.3 is 10.1 Å². The first-order valence-electron chi connectivity index (χ1n) is 7.06. The average Bonchev–Trinajstić information content (AvgIpc) is 2.50. The Labute approximate surface area is 124 Å². The molecule has 0 aliphatic heterocycles. The van der Waals surface area contributed by atoms with Gasteiger partial charge in [0.25, 0.3) is 5.56 Å². The fraction of sp³-hybridized carbons (Fsp3) is 0.375. The first-order chi connectivity index (χ1) is 10.2. The Kier molecular flexibility index (Phi) is 5.11. The highest BCUT2D eigenvalue weighted by Crippen LogP contribution is 2.23. The molecule has 1 N–H and O–H groups in total. The Bertz CT molecular complexity index is 652. The van der Waals surface area contributed by atoms with Gasteiger partial charge in [-0.1, -0.05) is 13.0 Å². The maximum Gasteiger partial charge on any atom is 0.253 e. The Morgan fingerprint density at radius 1 is 1.38 bits per heavy atom. The second-order valence-corrected chi connectivity index (χ2v) is 4.90. The molecule has 1 aromatic heterocycles. The number of aromatic nitrogens is 2. The van der Waals surface area contributed by atoms with E-state index in [0.717, 1.165) is 17.9 Å². The van der Waals surface area contributed by atoms with Crippen molar-refractivity contribution in [2.75, 3.05) is 13.7 Å². The Morgan fingerprint density at radius 3 is 2.86 bits per heavy atom. The van der Waals surface area contributed by atoms with Crippen LogP contribution in [0.5, 0.6) is 5.75 Å². The zero-order chi connectivity index (χ0) is 15.2. The molecule has 0 saturated carbocycles. The third-order valence-electron chi connectivity index (χ3n) is 3.45.